The van der Waals surface area contributed by atoms with Gasteiger partial charge in [0, 0.05) is 37.5 Å². The minimum atomic E-state index is -0.0846. The minimum Gasteiger partial charge on any atom is -0.507 e. The summed E-state index contributed by atoms with van der Waals surface area (Å²) < 4.78 is 5.69. The molecule has 0 aliphatic carbocycles. The smallest absolute Gasteiger partial charge is 0.193 e. The quantitative estimate of drug-likeness (QED) is 0.801. The van der Waals surface area contributed by atoms with Crippen molar-refractivity contribution in [2.45, 2.75) is 0 Å². The van der Waals surface area contributed by atoms with Gasteiger partial charge < -0.3 is 14.4 Å². The van der Waals surface area contributed by atoms with Crippen molar-refractivity contribution in [3.63, 3.8) is 0 Å². The zero-order valence-electron chi connectivity index (χ0n) is 13.0. The Kier molecular flexibility index (Phi) is 3.89. The first-order valence-corrected chi connectivity index (χ1v) is 7.26. The molecule has 0 aliphatic rings. The molecular weight excluding hydrogens is 290 g/mol. The van der Waals surface area contributed by atoms with Crippen molar-refractivity contribution in [2.75, 3.05) is 19.0 Å². The summed E-state index contributed by atoms with van der Waals surface area (Å²) in [6, 6.07) is 14.0. The van der Waals surface area contributed by atoms with Crippen molar-refractivity contribution in [1.29, 1.82) is 0 Å². The molecule has 1 N–H and O–H groups in total. The Labute approximate surface area is 133 Å². The van der Waals surface area contributed by atoms with Crippen LogP contribution >= 0.6 is 0 Å². The maximum atomic E-state index is 12.0. The maximum absolute atomic E-state index is 12.0. The fourth-order valence-electron chi connectivity index (χ4n) is 2.33. The van der Waals surface area contributed by atoms with Gasteiger partial charge in [0.05, 0.1) is 5.39 Å². The van der Waals surface area contributed by atoms with E-state index in [9.17, 15) is 9.90 Å². The summed E-state index contributed by atoms with van der Waals surface area (Å²) in [6.07, 6.45) is 3.40. The maximum Gasteiger partial charge on any atom is 0.193 e. The number of anilines is 1. The van der Waals surface area contributed by atoms with E-state index < -0.39 is 0 Å². The Morgan fingerprint density at radius 2 is 1.83 bits per heavy atom. The second-order valence-corrected chi connectivity index (χ2v) is 5.48. The molecule has 0 amide bonds. The molecule has 1 heterocycles. The Bertz CT molecular complexity index is 939. The highest BCUT2D eigenvalue weighted by atomic mass is 16.3. The number of hydrogen-bond donors (Lipinski definition) is 1. The molecule has 23 heavy (non-hydrogen) atoms. The predicted molar refractivity (Wildman–Crippen MR) is 93.8 cm³/mol. The molecule has 3 aromatic rings. The molecule has 0 saturated carbocycles. The van der Waals surface area contributed by atoms with Gasteiger partial charge in [-0.1, -0.05) is 12.1 Å². The zero-order valence-corrected chi connectivity index (χ0v) is 13.0. The van der Waals surface area contributed by atoms with E-state index in [-0.39, 0.29) is 11.2 Å². The summed E-state index contributed by atoms with van der Waals surface area (Å²) in [6.45, 7) is 0. The van der Waals surface area contributed by atoms with E-state index in [1.54, 1.807) is 36.4 Å². The monoisotopic (exact) mass is 307 g/mol. The number of para-hydroxylation sites is 1. The number of phenols is 1. The van der Waals surface area contributed by atoms with Crippen LogP contribution < -0.4 is 10.3 Å². The second kappa shape index (κ2) is 6.01. The lowest BCUT2D eigenvalue weighted by atomic mass is 10.1. The van der Waals surface area contributed by atoms with E-state index in [1.807, 2.05) is 37.2 Å². The van der Waals surface area contributed by atoms with Crippen LogP contribution in [-0.4, -0.2) is 19.2 Å². The highest BCUT2D eigenvalue weighted by molar-refractivity contribution is 5.79. The molecule has 0 atom stereocenters. The molecule has 1 aromatic heterocycles. The van der Waals surface area contributed by atoms with Gasteiger partial charge in [-0.15, -0.1) is 0 Å². The van der Waals surface area contributed by atoms with E-state index in [0.29, 0.717) is 22.3 Å². The third kappa shape index (κ3) is 3.11. The number of hydrogen-bond acceptors (Lipinski definition) is 4. The fourth-order valence-corrected chi connectivity index (χ4v) is 2.33. The van der Waals surface area contributed by atoms with Crippen molar-refractivity contribution in [3.8, 4) is 5.75 Å². The van der Waals surface area contributed by atoms with Gasteiger partial charge in [-0.3, -0.25) is 4.79 Å². The van der Waals surface area contributed by atoms with E-state index in [2.05, 4.69) is 0 Å². The first-order chi connectivity index (χ1) is 11.0. The zero-order chi connectivity index (χ0) is 16.4. The van der Waals surface area contributed by atoms with Crippen LogP contribution in [0.25, 0.3) is 23.1 Å². The molecular formula is C19H17NO3. The first-order valence-electron chi connectivity index (χ1n) is 7.26. The van der Waals surface area contributed by atoms with Gasteiger partial charge >= 0.3 is 0 Å². The number of aromatic hydroxyl groups is 1. The van der Waals surface area contributed by atoms with Crippen LogP contribution in [-0.2, 0) is 0 Å². The summed E-state index contributed by atoms with van der Waals surface area (Å²) in [4.78, 5) is 14.0. The standard InChI is InChI=1S/C19H17NO3/c1-20(2)14-9-7-13(17(21)11-14)8-10-15-12-18(22)16-5-3-4-6-19(16)23-15/h3-12,21H,1-2H3. The lowest BCUT2D eigenvalue weighted by Crippen LogP contribution is -2.08. The summed E-state index contributed by atoms with van der Waals surface area (Å²) in [5, 5.41) is 10.6. The normalized spacial score (nSPS) is 11.2. The largest absolute Gasteiger partial charge is 0.507 e. The van der Waals surface area contributed by atoms with Crippen LogP contribution in [0.5, 0.6) is 5.75 Å². The van der Waals surface area contributed by atoms with Gasteiger partial charge in [0.1, 0.15) is 17.1 Å². The summed E-state index contributed by atoms with van der Waals surface area (Å²) >= 11 is 0. The second-order valence-electron chi connectivity index (χ2n) is 5.48. The topological polar surface area (TPSA) is 53.7 Å². The minimum absolute atomic E-state index is 0.0846. The molecule has 0 spiro atoms. The highest BCUT2D eigenvalue weighted by Gasteiger charge is 2.04. The van der Waals surface area contributed by atoms with Crippen LogP contribution in [0.1, 0.15) is 11.3 Å². The number of benzene rings is 2. The Morgan fingerprint density at radius 3 is 2.57 bits per heavy atom. The average Bonchev–Trinajstić information content (AvgIpc) is 2.53. The van der Waals surface area contributed by atoms with Crippen molar-refractivity contribution >= 4 is 28.8 Å². The fraction of sp³-hybridized carbons (Fsp3) is 0.105. The molecule has 4 heteroatoms. The third-order valence-corrected chi connectivity index (χ3v) is 3.61. The van der Waals surface area contributed by atoms with Gasteiger partial charge in [-0.25, -0.2) is 0 Å². The van der Waals surface area contributed by atoms with Gasteiger partial charge in [0.25, 0.3) is 0 Å². The van der Waals surface area contributed by atoms with Gasteiger partial charge in [-0.05, 0) is 36.4 Å². The lowest BCUT2D eigenvalue weighted by Gasteiger charge is -2.13. The van der Waals surface area contributed by atoms with Crippen LogP contribution in [0.2, 0.25) is 0 Å². The van der Waals surface area contributed by atoms with E-state index in [4.69, 9.17) is 4.42 Å². The molecule has 0 radical (unpaired) electrons. The predicted octanol–water partition coefficient (Wildman–Crippen LogP) is 3.74. The van der Waals surface area contributed by atoms with Gasteiger partial charge in [0.2, 0.25) is 0 Å². The van der Waals surface area contributed by atoms with Crippen LogP contribution in [0.3, 0.4) is 0 Å². The molecule has 0 saturated heterocycles. The van der Waals surface area contributed by atoms with Gasteiger partial charge in [-0.2, -0.15) is 0 Å². The number of phenolic OH excluding ortho intramolecular Hbond substituents is 1. The molecule has 0 bridgehead atoms. The highest BCUT2D eigenvalue weighted by Crippen LogP contribution is 2.25. The van der Waals surface area contributed by atoms with Gasteiger partial charge in [0.15, 0.2) is 5.43 Å². The van der Waals surface area contributed by atoms with Crippen LogP contribution in [0, 0.1) is 0 Å². The number of rotatable bonds is 3. The van der Waals surface area contributed by atoms with E-state index in [0.717, 1.165) is 5.69 Å². The summed E-state index contributed by atoms with van der Waals surface area (Å²) in [5.41, 5.74) is 2.04. The van der Waals surface area contributed by atoms with E-state index >= 15 is 0 Å². The molecule has 3 rings (SSSR count). The van der Waals surface area contributed by atoms with Crippen molar-refractivity contribution < 1.29 is 9.52 Å². The summed E-state index contributed by atoms with van der Waals surface area (Å²) in [5.74, 6) is 0.625. The molecule has 0 fully saturated rings. The average molecular weight is 307 g/mol. The Hall–Kier alpha value is -3.01. The van der Waals surface area contributed by atoms with Crippen molar-refractivity contribution in [3.05, 3.63) is 70.1 Å². The first kappa shape index (κ1) is 14.9. The molecule has 116 valence electrons. The SMILES string of the molecule is CN(C)c1ccc(C=Cc2cc(=O)c3ccccc3o2)c(O)c1. The lowest BCUT2D eigenvalue weighted by molar-refractivity contribution is 0.474. The number of fused-ring (bicyclic) bond motifs is 1. The molecule has 0 unspecified atom stereocenters. The Morgan fingerprint density at radius 1 is 1.04 bits per heavy atom. The van der Waals surface area contributed by atoms with Crippen LogP contribution in [0.4, 0.5) is 5.69 Å². The molecule has 4 nitrogen and oxygen atoms in total. The van der Waals surface area contributed by atoms with Crippen molar-refractivity contribution in [2.24, 2.45) is 0 Å². The third-order valence-electron chi connectivity index (χ3n) is 3.61. The van der Waals surface area contributed by atoms with E-state index in [1.165, 1.54) is 6.07 Å². The number of nitrogens with zero attached hydrogens (tertiary/aromatic N) is 1. The van der Waals surface area contributed by atoms with Crippen molar-refractivity contribution in [1.82, 2.24) is 0 Å². The molecule has 2 aromatic carbocycles. The molecule has 0 aliphatic heterocycles. The van der Waals surface area contributed by atoms with Crippen LogP contribution in [0.15, 0.2) is 57.7 Å². The Balaban J connectivity index is 1.96. The summed E-state index contributed by atoms with van der Waals surface area (Å²) in [7, 11) is 3.82.